The van der Waals surface area contributed by atoms with Gasteiger partial charge in [-0.15, -0.1) is 0 Å². The molecular weight excluding hydrogens is 335 g/mol. The summed E-state index contributed by atoms with van der Waals surface area (Å²) in [5, 5.41) is 3.00. The van der Waals surface area contributed by atoms with Gasteiger partial charge in [-0.1, -0.05) is 19.0 Å². The molecule has 154 valence electrons. The molecular formula is C19H39FN4O2. The van der Waals surface area contributed by atoms with Gasteiger partial charge in [-0.05, 0) is 40.1 Å². The third-order valence-corrected chi connectivity index (χ3v) is 5.10. The fourth-order valence-corrected chi connectivity index (χ4v) is 3.30. The average molecular weight is 375 g/mol. The zero-order valence-corrected chi connectivity index (χ0v) is 17.8. The fourth-order valence-electron chi connectivity index (χ4n) is 3.30. The van der Waals surface area contributed by atoms with Crippen LogP contribution in [0.25, 0.3) is 0 Å². The van der Waals surface area contributed by atoms with E-state index in [2.05, 4.69) is 47.9 Å². The van der Waals surface area contributed by atoms with Crippen molar-refractivity contribution >= 4 is 0 Å². The lowest BCUT2D eigenvalue weighted by Crippen LogP contribution is -2.59. The van der Waals surface area contributed by atoms with Crippen molar-refractivity contribution in [2.24, 2.45) is 11.1 Å². The summed E-state index contributed by atoms with van der Waals surface area (Å²) >= 11 is 0. The molecule has 0 radical (unpaired) electrons. The van der Waals surface area contributed by atoms with Gasteiger partial charge in [0.25, 0.3) is 0 Å². The highest BCUT2D eigenvalue weighted by Crippen LogP contribution is 2.22. The minimum Gasteiger partial charge on any atom is -0.384 e. The van der Waals surface area contributed by atoms with E-state index in [1.165, 1.54) is 0 Å². The molecule has 0 saturated carbocycles. The van der Waals surface area contributed by atoms with Crippen molar-refractivity contribution in [3.05, 3.63) is 16.8 Å². The Morgan fingerprint density at radius 2 is 1.88 bits per heavy atom. The maximum atomic E-state index is 12.3. The Balaban J connectivity index is 0.000000439. The third kappa shape index (κ3) is 8.20. The number of nitroso groups, excluding NO2 is 1. The van der Waals surface area contributed by atoms with Gasteiger partial charge in [-0.3, -0.25) is 4.90 Å². The van der Waals surface area contributed by atoms with Crippen molar-refractivity contribution in [2.75, 3.05) is 74.1 Å². The van der Waals surface area contributed by atoms with Crippen LogP contribution in [0.4, 0.5) is 4.39 Å². The topological polar surface area (TPSA) is 48.4 Å². The number of likely N-dealkylation sites (N-methyl/N-ethyl adjacent to an activating group) is 2. The lowest BCUT2D eigenvalue weighted by molar-refractivity contribution is 0.0469. The maximum Gasteiger partial charge on any atom is 0.100 e. The largest absolute Gasteiger partial charge is 0.384 e. The van der Waals surface area contributed by atoms with Crippen LogP contribution in [0.5, 0.6) is 0 Å². The number of halogens is 1. The summed E-state index contributed by atoms with van der Waals surface area (Å²) < 4.78 is 17.4. The SMILES string of the molecule is CC.CN1CCN(C)C(C)(CN=O)C1.COCC1CN(C)CC/C1=C\F. The Labute approximate surface area is 159 Å². The van der Waals surface area contributed by atoms with Gasteiger partial charge in [0.05, 0.1) is 18.5 Å². The highest BCUT2D eigenvalue weighted by molar-refractivity contribution is 5.07. The molecule has 0 aliphatic carbocycles. The summed E-state index contributed by atoms with van der Waals surface area (Å²) in [6.07, 6.45) is 1.58. The quantitative estimate of drug-likeness (QED) is 0.708. The second-order valence-electron chi connectivity index (χ2n) is 7.29. The molecule has 6 nitrogen and oxygen atoms in total. The molecule has 2 fully saturated rings. The molecule has 2 heterocycles. The summed E-state index contributed by atoms with van der Waals surface area (Å²) in [6.45, 7) is 12.0. The van der Waals surface area contributed by atoms with Crippen LogP contribution in [-0.2, 0) is 4.74 Å². The lowest BCUT2D eigenvalue weighted by Gasteiger charge is -2.44. The summed E-state index contributed by atoms with van der Waals surface area (Å²) in [4.78, 5) is 16.9. The van der Waals surface area contributed by atoms with E-state index in [1.54, 1.807) is 7.11 Å². The van der Waals surface area contributed by atoms with Gasteiger partial charge in [-0.25, -0.2) is 4.39 Å². The molecule has 2 unspecified atom stereocenters. The highest BCUT2D eigenvalue weighted by Gasteiger charge is 2.34. The van der Waals surface area contributed by atoms with Gasteiger partial charge in [0.15, 0.2) is 0 Å². The minimum atomic E-state index is -0.0608. The van der Waals surface area contributed by atoms with Crippen LogP contribution in [0.15, 0.2) is 17.1 Å². The van der Waals surface area contributed by atoms with Crippen molar-refractivity contribution < 1.29 is 9.13 Å². The van der Waals surface area contributed by atoms with Crippen molar-refractivity contribution in [2.45, 2.75) is 32.7 Å². The van der Waals surface area contributed by atoms with Gasteiger partial charge in [-0.2, -0.15) is 4.91 Å². The van der Waals surface area contributed by atoms with Gasteiger partial charge in [0, 0.05) is 45.8 Å². The first kappa shape index (κ1) is 25.1. The minimum absolute atomic E-state index is 0.0608. The first-order valence-corrected chi connectivity index (χ1v) is 9.51. The molecule has 0 N–H and O–H groups in total. The standard InChI is InChI=1S/C9H16FNO.C8H17N3O.C2H6/c1-11-4-3-8(5-10)9(6-11)7-12-2;1-8(6-9-12)7-10(2)4-5-11(8)3;1-2/h5,9H,3-4,6-7H2,1-2H3;4-7H2,1-3H3;1-2H3/b8-5+;;. The predicted molar refractivity (Wildman–Crippen MR) is 107 cm³/mol. The first-order chi connectivity index (χ1) is 12.4. The van der Waals surface area contributed by atoms with Gasteiger partial charge >= 0.3 is 0 Å². The van der Waals surface area contributed by atoms with E-state index < -0.39 is 0 Å². The van der Waals surface area contributed by atoms with E-state index in [4.69, 9.17) is 4.74 Å². The summed E-state index contributed by atoms with van der Waals surface area (Å²) in [6, 6.07) is 0. The molecule has 7 heteroatoms. The average Bonchev–Trinajstić information content (AvgIpc) is 2.61. The molecule has 2 atom stereocenters. The molecule has 2 rings (SSSR count). The smallest absolute Gasteiger partial charge is 0.100 e. The zero-order chi connectivity index (χ0) is 20.2. The van der Waals surface area contributed by atoms with E-state index in [0.29, 0.717) is 13.2 Å². The first-order valence-electron chi connectivity index (χ1n) is 9.51. The number of hydrogen-bond acceptors (Lipinski definition) is 6. The molecule has 0 aromatic rings. The van der Waals surface area contributed by atoms with E-state index in [1.807, 2.05) is 13.8 Å². The summed E-state index contributed by atoms with van der Waals surface area (Å²) in [5.74, 6) is 0.249. The summed E-state index contributed by atoms with van der Waals surface area (Å²) in [7, 11) is 7.84. The Bertz CT molecular complexity index is 422. The van der Waals surface area contributed by atoms with Crippen molar-refractivity contribution in [1.82, 2.24) is 14.7 Å². The molecule has 26 heavy (non-hydrogen) atoms. The molecule has 2 aliphatic rings. The Kier molecular flexibility index (Phi) is 12.8. The maximum absolute atomic E-state index is 12.3. The van der Waals surface area contributed by atoms with Crippen LogP contribution in [0.2, 0.25) is 0 Å². The lowest BCUT2D eigenvalue weighted by atomic mass is 9.94. The van der Waals surface area contributed by atoms with Crippen molar-refractivity contribution in [3.8, 4) is 0 Å². The molecule has 2 saturated heterocycles. The van der Waals surface area contributed by atoms with Crippen LogP contribution in [-0.4, -0.2) is 94.4 Å². The zero-order valence-electron chi connectivity index (χ0n) is 17.8. The van der Waals surface area contributed by atoms with Crippen LogP contribution in [0.1, 0.15) is 27.2 Å². The third-order valence-electron chi connectivity index (χ3n) is 5.10. The van der Waals surface area contributed by atoms with E-state index in [9.17, 15) is 9.30 Å². The Morgan fingerprint density at radius 1 is 1.23 bits per heavy atom. The van der Waals surface area contributed by atoms with E-state index in [0.717, 1.165) is 51.0 Å². The number of rotatable bonds is 4. The summed E-state index contributed by atoms with van der Waals surface area (Å²) in [5.41, 5.74) is 0.837. The van der Waals surface area contributed by atoms with Gasteiger partial charge < -0.3 is 14.5 Å². The number of methoxy groups -OCH3 is 1. The van der Waals surface area contributed by atoms with Crippen molar-refractivity contribution in [1.29, 1.82) is 0 Å². The van der Waals surface area contributed by atoms with E-state index in [-0.39, 0.29) is 11.5 Å². The number of piperidine rings is 1. The molecule has 0 amide bonds. The second kappa shape index (κ2) is 13.3. The van der Waals surface area contributed by atoms with Crippen LogP contribution in [0.3, 0.4) is 0 Å². The normalized spacial score (nSPS) is 29.4. The highest BCUT2D eigenvalue weighted by atomic mass is 19.1. The van der Waals surface area contributed by atoms with Crippen LogP contribution >= 0.6 is 0 Å². The van der Waals surface area contributed by atoms with E-state index >= 15 is 0 Å². The number of piperazine rings is 1. The number of hydrogen-bond donors (Lipinski definition) is 0. The number of ether oxygens (including phenoxy) is 1. The predicted octanol–water partition coefficient (Wildman–Crippen LogP) is 2.85. The number of nitrogens with zero attached hydrogens (tertiary/aromatic N) is 4. The molecule has 0 spiro atoms. The number of likely N-dealkylation sites (tertiary alicyclic amines) is 1. The Hall–Kier alpha value is -0.890. The van der Waals surface area contributed by atoms with Gasteiger partial charge in [0.2, 0.25) is 0 Å². The van der Waals surface area contributed by atoms with Gasteiger partial charge in [0.1, 0.15) is 6.54 Å². The molecule has 0 bridgehead atoms. The van der Waals surface area contributed by atoms with Crippen molar-refractivity contribution in [3.63, 3.8) is 0 Å². The molecule has 0 aromatic carbocycles. The van der Waals surface area contributed by atoms with Crippen LogP contribution < -0.4 is 0 Å². The monoisotopic (exact) mass is 374 g/mol. The van der Waals surface area contributed by atoms with Crippen LogP contribution in [0, 0.1) is 10.8 Å². The molecule has 2 aliphatic heterocycles. The second-order valence-corrected chi connectivity index (χ2v) is 7.29. The molecule has 0 aromatic heterocycles. The Morgan fingerprint density at radius 3 is 2.42 bits per heavy atom. The fraction of sp³-hybridized carbons (Fsp3) is 0.895.